The van der Waals surface area contributed by atoms with Gasteiger partial charge in [0.2, 0.25) is 0 Å². The number of benzene rings is 1. The summed E-state index contributed by atoms with van der Waals surface area (Å²) in [6.07, 6.45) is 1.09. The van der Waals surface area contributed by atoms with Crippen LogP contribution in [0, 0.1) is 11.6 Å². The number of rotatable bonds is 2. The van der Waals surface area contributed by atoms with Gasteiger partial charge >= 0.3 is 0 Å². The lowest BCUT2D eigenvalue weighted by Gasteiger charge is -2.07. The van der Waals surface area contributed by atoms with Gasteiger partial charge in [-0.25, -0.2) is 8.78 Å². The normalized spacial score (nSPS) is 10.4. The molecule has 82 valence electrons. The maximum absolute atomic E-state index is 13.5. The van der Waals surface area contributed by atoms with E-state index in [4.69, 9.17) is 0 Å². The largest absolute Gasteiger partial charge is 0.253 e. The lowest BCUT2D eigenvalue weighted by molar-refractivity contribution is 0.617. The fourth-order valence-electron chi connectivity index (χ4n) is 1.48. The average Bonchev–Trinajstić information content (AvgIpc) is 2.30. The minimum atomic E-state index is -0.422. The molecule has 0 fully saturated rings. The van der Waals surface area contributed by atoms with Crippen molar-refractivity contribution in [3.8, 4) is 11.3 Å². The predicted octanol–water partition coefficient (Wildman–Crippen LogP) is 3.92. The zero-order valence-electron chi connectivity index (χ0n) is 8.25. The Morgan fingerprint density at radius 3 is 2.62 bits per heavy atom. The van der Waals surface area contributed by atoms with Gasteiger partial charge in [-0.1, -0.05) is 28.1 Å². The van der Waals surface area contributed by atoms with Crippen LogP contribution in [0.3, 0.4) is 0 Å². The van der Waals surface area contributed by atoms with Crippen LogP contribution in [0.4, 0.5) is 8.78 Å². The summed E-state index contributed by atoms with van der Waals surface area (Å²) in [6, 6.07) is 7.67. The highest BCUT2D eigenvalue weighted by atomic mass is 79.9. The van der Waals surface area contributed by atoms with Crippen LogP contribution in [0.15, 0.2) is 36.5 Å². The van der Waals surface area contributed by atoms with Crippen LogP contribution in [0.2, 0.25) is 0 Å². The summed E-state index contributed by atoms with van der Waals surface area (Å²) in [4.78, 5) is 3.94. The van der Waals surface area contributed by atoms with Gasteiger partial charge in [0.05, 0.1) is 11.9 Å². The van der Waals surface area contributed by atoms with Crippen LogP contribution >= 0.6 is 15.9 Å². The third-order valence-corrected chi connectivity index (χ3v) is 2.81. The second-order valence-electron chi connectivity index (χ2n) is 3.27. The van der Waals surface area contributed by atoms with Crippen molar-refractivity contribution in [2.75, 3.05) is 0 Å². The quantitative estimate of drug-likeness (QED) is 0.762. The first-order valence-corrected chi connectivity index (χ1v) is 5.80. The van der Waals surface area contributed by atoms with E-state index in [-0.39, 0.29) is 5.82 Å². The topological polar surface area (TPSA) is 12.9 Å². The molecule has 1 aromatic heterocycles. The standard InChI is InChI=1S/C12H8BrF2N/c13-6-8-5-9(14)7-16-12(8)10-3-1-2-4-11(10)15/h1-5,7H,6H2. The smallest absolute Gasteiger partial charge is 0.141 e. The van der Waals surface area contributed by atoms with Crippen molar-refractivity contribution in [1.29, 1.82) is 0 Å². The number of aromatic nitrogens is 1. The van der Waals surface area contributed by atoms with E-state index in [1.165, 1.54) is 12.1 Å². The van der Waals surface area contributed by atoms with Crippen molar-refractivity contribution in [1.82, 2.24) is 4.98 Å². The molecule has 0 amide bonds. The number of hydrogen-bond acceptors (Lipinski definition) is 1. The van der Waals surface area contributed by atoms with E-state index in [0.717, 1.165) is 6.20 Å². The van der Waals surface area contributed by atoms with Crippen LogP contribution in [0.5, 0.6) is 0 Å². The summed E-state index contributed by atoms with van der Waals surface area (Å²) < 4.78 is 26.5. The van der Waals surface area contributed by atoms with E-state index in [0.29, 0.717) is 22.2 Å². The fourth-order valence-corrected chi connectivity index (χ4v) is 1.91. The van der Waals surface area contributed by atoms with Gasteiger partial charge in [-0.05, 0) is 23.8 Å². The van der Waals surface area contributed by atoms with Crippen molar-refractivity contribution < 1.29 is 8.78 Å². The van der Waals surface area contributed by atoms with Gasteiger partial charge in [-0.15, -0.1) is 0 Å². The summed E-state index contributed by atoms with van der Waals surface area (Å²) in [5.41, 5.74) is 1.48. The van der Waals surface area contributed by atoms with Gasteiger partial charge in [-0.2, -0.15) is 0 Å². The average molecular weight is 284 g/mol. The molecule has 2 rings (SSSR count). The maximum atomic E-state index is 13.5. The minimum absolute atomic E-state index is 0.358. The van der Waals surface area contributed by atoms with Gasteiger partial charge in [0.25, 0.3) is 0 Å². The highest BCUT2D eigenvalue weighted by molar-refractivity contribution is 9.08. The molecule has 0 aliphatic heterocycles. The first-order chi connectivity index (χ1) is 7.72. The second-order valence-corrected chi connectivity index (χ2v) is 3.84. The summed E-state index contributed by atoms with van der Waals surface area (Å²) in [6.45, 7) is 0. The minimum Gasteiger partial charge on any atom is -0.253 e. The van der Waals surface area contributed by atoms with Crippen molar-refractivity contribution in [2.24, 2.45) is 0 Å². The maximum Gasteiger partial charge on any atom is 0.141 e. The highest BCUT2D eigenvalue weighted by Crippen LogP contribution is 2.25. The first kappa shape index (κ1) is 11.2. The van der Waals surface area contributed by atoms with E-state index in [9.17, 15) is 8.78 Å². The predicted molar refractivity (Wildman–Crippen MR) is 62.2 cm³/mol. The van der Waals surface area contributed by atoms with Gasteiger partial charge in [0.15, 0.2) is 0 Å². The van der Waals surface area contributed by atoms with E-state index in [2.05, 4.69) is 20.9 Å². The van der Waals surface area contributed by atoms with E-state index < -0.39 is 5.82 Å². The molecule has 1 heterocycles. The van der Waals surface area contributed by atoms with E-state index in [1.54, 1.807) is 18.2 Å². The number of halogens is 3. The van der Waals surface area contributed by atoms with Gasteiger partial charge < -0.3 is 0 Å². The van der Waals surface area contributed by atoms with Crippen molar-refractivity contribution >= 4 is 15.9 Å². The molecule has 0 spiro atoms. The Kier molecular flexibility index (Phi) is 3.29. The van der Waals surface area contributed by atoms with Crippen molar-refractivity contribution in [2.45, 2.75) is 5.33 Å². The molecule has 0 saturated heterocycles. The second kappa shape index (κ2) is 4.70. The van der Waals surface area contributed by atoms with Crippen LogP contribution < -0.4 is 0 Å². The molecule has 0 saturated carbocycles. The fraction of sp³-hybridized carbons (Fsp3) is 0.0833. The Balaban J connectivity index is 2.60. The summed E-state index contributed by atoms with van der Waals surface area (Å²) >= 11 is 3.24. The Labute approximate surface area is 100 Å². The third kappa shape index (κ3) is 2.11. The van der Waals surface area contributed by atoms with Crippen molar-refractivity contribution in [3.63, 3.8) is 0 Å². The van der Waals surface area contributed by atoms with Crippen molar-refractivity contribution in [3.05, 3.63) is 53.7 Å². The highest BCUT2D eigenvalue weighted by Gasteiger charge is 2.10. The number of pyridine rings is 1. The molecule has 16 heavy (non-hydrogen) atoms. The Morgan fingerprint density at radius 2 is 1.94 bits per heavy atom. The molecular formula is C12H8BrF2N. The van der Waals surface area contributed by atoms with Crippen LogP contribution in [-0.2, 0) is 5.33 Å². The van der Waals surface area contributed by atoms with E-state index >= 15 is 0 Å². The Bertz CT molecular complexity index is 514. The Morgan fingerprint density at radius 1 is 1.19 bits per heavy atom. The molecule has 0 bridgehead atoms. The van der Waals surface area contributed by atoms with Crippen LogP contribution in [0.1, 0.15) is 5.56 Å². The summed E-state index contributed by atoms with van der Waals surface area (Å²) in [5, 5.41) is 0.432. The van der Waals surface area contributed by atoms with Gasteiger partial charge in [-0.3, -0.25) is 4.98 Å². The molecule has 0 atom stereocenters. The first-order valence-electron chi connectivity index (χ1n) is 4.67. The lowest BCUT2D eigenvalue weighted by atomic mass is 10.1. The molecular weight excluding hydrogens is 276 g/mol. The third-order valence-electron chi connectivity index (χ3n) is 2.21. The molecule has 0 N–H and O–H groups in total. The zero-order chi connectivity index (χ0) is 11.5. The van der Waals surface area contributed by atoms with Crippen LogP contribution in [0.25, 0.3) is 11.3 Å². The summed E-state index contributed by atoms with van der Waals surface area (Å²) in [7, 11) is 0. The van der Waals surface area contributed by atoms with Gasteiger partial charge in [0, 0.05) is 10.9 Å². The molecule has 4 heteroatoms. The monoisotopic (exact) mass is 283 g/mol. The Hall–Kier alpha value is -1.29. The van der Waals surface area contributed by atoms with Gasteiger partial charge in [0.1, 0.15) is 11.6 Å². The molecule has 0 aliphatic rings. The summed E-state index contributed by atoms with van der Waals surface area (Å²) in [5.74, 6) is -0.779. The number of hydrogen-bond donors (Lipinski definition) is 0. The molecule has 1 aromatic carbocycles. The lowest BCUT2D eigenvalue weighted by Crippen LogP contribution is -1.94. The zero-order valence-corrected chi connectivity index (χ0v) is 9.84. The number of nitrogens with zero attached hydrogens (tertiary/aromatic N) is 1. The SMILES string of the molecule is Fc1cnc(-c2ccccc2F)c(CBr)c1. The molecule has 0 radical (unpaired) electrons. The number of alkyl halides is 1. The molecule has 1 nitrogen and oxygen atoms in total. The van der Waals surface area contributed by atoms with E-state index in [1.807, 2.05) is 0 Å². The van der Waals surface area contributed by atoms with Crippen LogP contribution in [-0.4, -0.2) is 4.98 Å². The molecule has 0 aliphatic carbocycles. The molecule has 0 unspecified atom stereocenters. The molecule has 2 aromatic rings.